The number of hydrogen-bond acceptors (Lipinski definition) is 4. The number of benzene rings is 1. The van der Waals surface area contributed by atoms with Gasteiger partial charge in [0.1, 0.15) is 5.75 Å². The zero-order chi connectivity index (χ0) is 15.4. The van der Waals surface area contributed by atoms with E-state index in [1.165, 1.54) is 10.4 Å². The molecular weight excluding hydrogens is 348 g/mol. The second-order valence-corrected chi connectivity index (χ2v) is 7.14. The van der Waals surface area contributed by atoms with Crippen molar-refractivity contribution in [2.75, 3.05) is 14.2 Å². The molecule has 0 saturated heterocycles. The third kappa shape index (κ3) is 4.30. The minimum atomic E-state index is 0.0329. The van der Waals surface area contributed by atoms with Crippen molar-refractivity contribution in [3.63, 3.8) is 0 Å². The summed E-state index contributed by atoms with van der Waals surface area (Å²) >= 11 is 5.26. The van der Waals surface area contributed by atoms with Crippen LogP contribution in [0.15, 0.2) is 40.2 Å². The second-order valence-electron chi connectivity index (χ2n) is 5.23. The lowest BCUT2D eigenvalue weighted by atomic mass is 9.99. The Balaban J connectivity index is 2.21. The molecule has 0 amide bonds. The molecule has 0 bridgehead atoms. The molecule has 21 heavy (non-hydrogen) atoms. The van der Waals surface area contributed by atoms with Crippen LogP contribution in [0.25, 0.3) is 0 Å². The van der Waals surface area contributed by atoms with Crippen LogP contribution < -0.4 is 10.5 Å². The minimum absolute atomic E-state index is 0.0329. The van der Waals surface area contributed by atoms with Gasteiger partial charge in [-0.25, -0.2) is 0 Å². The van der Waals surface area contributed by atoms with Gasteiger partial charge in [-0.1, -0.05) is 12.1 Å². The minimum Gasteiger partial charge on any atom is -0.497 e. The number of halogens is 1. The van der Waals surface area contributed by atoms with E-state index >= 15 is 0 Å². The number of thiophene rings is 1. The Hall–Kier alpha value is -0.880. The number of hydrogen-bond donors (Lipinski definition) is 1. The fraction of sp³-hybridized carbons (Fsp3) is 0.375. The largest absolute Gasteiger partial charge is 0.497 e. The first kappa shape index (κ1) is 16.5. The van der Waals surface area contributed by atoms with Crippen molar-refractivity contribution in [1.29, 1.82) is 0 Å². The molecule has 0 aliphatic heterocycles. The maximum atomic E-state index is 6.23. The number of rotatable bonds is 6. The quantitative estimate of drug-likeness (QED) is 0.835. The summed E-state index contributed by atoms with van der Waals surface area (Å²) in [5.41, 5.74) is 7.41. The highest BCUT2D eigenvalue weighted by Crippen LogP contribution is 2.28. The fourth-order valence-corrected chi connectivity index (χ4v) is 4.08. The van der Waals surface area contributed by atoms with E-state index in [0.717, 1.165) is 16.8 Å². The molecule has 1 heterocycles. The van der Waals surface area contributed by atoms with Gasteiger partial charge in [-0.2, -0.15) is 0 Å². The van der Waals surface area contributed by atoms with Crippen LogP contribution in [0.1, 0.15) is 23.4 Å². The van der Waals surface area contributed by atoms with Gasteiger partial charge in [0.05, 0.1) is 7.11 Å². The van der Waals surface area contributed by atoms with E-state index in [0.29, 0.717) is 0 Å². The van der Waals surface area contributed by atoms with E-state index < -0.39 is 0 Å². The van der Waals surface area contributed by atoms with E-state index in [1.807, 2.05) is 19.1 Å². The predicted octanol–water partition coefficient (Wildman–Crippen LogP) is 4.04. The highest BCUT2D eigenvalue weighted by atomic mass is 79.9. The van der Waals surface area contributed by atoms with Crippen molar-refractivity contribution < 1.29 is 4.74 Å². The first-order valence-corrected chi connectivity index (χ1v) is 8.51. The van der Waals surface area contributed by atoms with Crippen LogP contribution in [-0.2, 0) is 6.54 Å². The van der Waals surface area contributed by atoms with Crippen LogP contribution in [0.5, 0.6) is 5.75 Å². The summed E-state index contributed by atoms with van der Waals surface area (Å²) < 4.78 is 6.46. The number of ether oxygens (including phenoxy) is 1. The van der Waals surface area contributed by atoms with Gasteiger partial charge < -0.3 is 10.5 Å². The Morgan fingerprint density at radius 3 is 2.71 bits per heavy atom. The summed E-state index contributed by atoms with van der Waals surface area (Å²) in [6.07, 6.45) is 0. The smallest absolute Gasteiger partial charge is 0.119 e. The SMILES string of the molecule is COc1cccc(C(C(C)N)N(C)Cc2cc(Br)cs2)c1. The van der Waals surface area contributed by atoms with Gasteiger partial charge in [0.2, 0.25) is 0 Å². The average molecular weight is 369 g/mol. The molecule has 0 saturated carbocycles. The summed E-state index contributed by atoms with van der Waals surface area (Å²) in [4.78, 5) is 3.61. The summed E-state index contributed by atoms with van der Waals surface area (Å²) in [6.45, 7) is 2.92. The zero-order valence-electron chi connectivity index (χ0n) is 12.5. The van der Waals surface area contributed by atoms with Gasteiger partial charge in [-0.15, -0.1) is 11.3 Å². The third-order valence-electron chi connectivity index (χ3n) is 3.44. The molecular formula is C16H21BrN2OS. The third-order valence-corrected chi connectivity index (χ3v) is 5.12. The first-order valence-electron chi connectivity index (χ1n) is 6.84. The Morgan fingerprint density at radius 2 is 2.14 bits per heavy atom. The van der Waals surface area contributed by atoms with Crippen molar-refractivity contribution in [1.82, 2.24) is 4.90 Å². The average Bonchev–Trinajstić information content (AvgIpc) is 2.84. The molecule has 1 aromatic carbocycles. The number of nitrogens with zero attached hydrogens (tertiary/aromatic N) is 1. The molecule has 0 radical (unpaired) electrons. The number of nitrogens with two attached hydrogens (primary N) is 1. The highest BCUT2D eigenvalue weighted by molar-refractivity contribution is 9.10. The molecule has 2 atom stereocenters. The van der Waals surface area contributed by atoms with E-state index in [2.05, 4.69) is 51.5 Å². The van der Waals surface area contributed by atoms with Crippen LogP contribution >= 0.6 is 27.3 Å². The monoisotopic (exact) mass is 368 g/mol. The Morgan fingerprint density at radius 1 is 1.38 bits per heavy atom. The molecule has 0 fully saturated rings. The van der Waals surface area contributed by atoms with Crippen molar-refractivity contribution in [2.45, 2.75) is 25.6 Å². The second kappa shape index (κ2) is 7.40. The van der Waals surface area contributed by atoms with Crippen molar-refractivity contribution in [3.05, 3.63) is 50.6 Å². The van der Waals surface area contributed by atoms with E-state index in [1.54, 1.807) is 18.4 Å². The lowest BCUT2D eigenvalue weighted by Crippen LogP contribution is -2.36. The van der Waals surface area contributed by atoms with Crippen LogP contribution in [0.3, 0.4) is 0 Å². The normalized spacial score (nSPS) is 14.2. The predicted molar refractivity (Wildman–Crippen MR) is 92.9 cm³/mol. The summed E-state index contributed by atoms with van der Waals surface area (Å²) in [5, 5.41) is 2.11. The van der Waals surface area contributed by atoms with E-state index in [-0.39, 0.29) is 12.1 Å². The van der Waals surface area contributed by atoms with Gasteiger partial charge in [0.15, 0.2) is 0 Å². The number of likely N-dealkylation sites (N-methyl/N-ethyl adjacent to an activating group) is 1. The molecule has 2 aromatic rings. The molecule has 0 spiro atoms. The molecule has 2 rings (SSSR count). The summed E-state index contributed by atoms with van der Waals surface area (Å²) in [5.74, 6) is 0.866. The lowest BCUT2D eigenvalue weighted by molar-refractivity contribution is 0.212. The van der Waals surface area contributed by atoms with Crippen LogP contribution in [0, 0.1) is 0 Å². The molecule has 5 heteroatoms. The van der Waals surface area contributed by atoms with Crippen LogP contribution in [-0.4, -0.2) is 25.1 Å². The molecule has 1 aromatic heterocycles. The lowest BCUT2D eigenvalue weighted by Gasteiger charge is -2.31. The van der Waals surface area contributed by atoms with Crippen molar-refractivity contribution in [2.24, 2.45) is 5.73 Å². The van der Waals surface area contributed by atoms with E-state index in [4.69, 9.17) is 10.5 Å². The van der Waals surface area contributed by atoms with E-state index in [9.17, 15) is 0 Å². The van der Waals surface area contributed by atoms with Gasteiger partial charge in [0, 0.05) is 33.4 Å². The van der Waals surface area contributed by atoms with Crippen LogP contribution in [0.2, 0.25) is 0 Å². The van der Waals surface area contributed by atoms with Gasteiger partial charge in [0.25, 0.3) is 0 Å². The summed E-state index contributed by atoms with van der Waals surface area (Å²) in [6, 6.07) is 10.5. The Kier molecular flexibility index (Phi) is 5.81. The molecule has 2 unspecified atom stereocenters. The highest BCUT2D eigenvalue weighted by Gasteiger charge is 2.22. The molecule has 2 N–H and O–H groups in total. The molecule has 0 aliphatic rings. The molecule has 3 nitrogen and oxygen atoms in total. The maximum Gasteiger partial charge on any atom is 0.119 e. The van der Waals surface area contributed by atoms with Crippen molar-refractivity contribution >= 4 is 27.3 Å². The van der Waals surface area contributed by atoms with Gasteiger partial charge in [-0.3, -0.25) is 4.90 Å². The maximum absolute atomic E-state index is 6.23. The van der Waals surface area contributed by atoms with Crippen LogP contribution in [0.4, 0.5) is 0 Å². The van der Waals surface area contributed by atoms with Gasteiger partial charge in [-0.05, 0) is 53.7 Å². The van der Waals surface area contributed by atoms with Gasteiger partial charge >= 0.3 is 0 Å². The fourth-order valence-electron chi connectivity index (χ4n) is 2.57. The Labute approximate surface area is 138 Å². The summed E-state index contributed by atoms with van der Waals surface area (Å²) in [7, 11) is 3.80. The Bertz CT molecular complexity index is 585. The van der Waals surface area contributed by atoms with Crippen molar-refractivity contribution in [3.8, 4) is 5.75 Å². The first-order chi connectivity index (χ1) is 10.0. The standard InChI is InChI=1S/C16H21BrN2OS/c1-11(18)16(12-5-4-6-14(7-12)20-3)19(2)9-15-8-13(17)10-21-15/h4-8,10-11,16H,9,18H2,1-3H3. The topological polar surface area (TPSA) is 38.5 Å². The molecule has 114 valence electrons. The molecule has 0 aliphatic carbocycles. The number of methoxy groups -OCH3 is 1. The zero-order valence-corrected chi connectivity index (χ0v) is 14.9.